The minimum absolute atomic E-state index is 0.0448. The molecule has 0 atom stereocenters. The van der Waals surface area contributed by atoms with Crippen LogP contribution < -0.4 is 5.32 Å². The summed E-state index contributed by atoms with van der Waals surface area (Å²) in [6.45, 7) is 0.0863. The quantitative estimate of drug-likeness (QED) is 0.882. The average molecular weight is 326 g/mol. The molecular formula is C18H12F2N2O2. The molecule has 0 saturated carbocycles. The minimum Gasteiger partial charge on any atom is -0.445 e. The minimum atomic E-state index is -0.975. The van der Waals surface area contributed by atoms with Crippen LogP contribution in [-0.4, -0.2) is 12.6 Å². The van der Waals surface area contributed by atoms with Gasteiger partial charge in [-0.1, -0.05) is 42.2 Å². The van der Waals surface area contributed by atoms with Crippen molar-refractivity contribution in [2.24, 2.45) is 0 Å². The number of ether oxygens (including phenoxy) is 1. The molecule has 0 spiro atoms. The Labute approximate surface area is 137 Å². The van der Waals surface area contributed by atoms with Crippen LogP contribution >= 0.6 is 0 Å². The summed E-state index contributed by atoms with van der Waals surface area (Å²) in [6.07, 6.45) is -0.648. The Morgan fingerprint density at radius 1 is 1.17 bits per heavy atom. The van der Waals surface area contributed by atoms with E-state index in [0.29, 0.717) is 0 Å². The third-order valence-electron chi connectivity index (χ3n) is 2.92. The van der Waals surface area contributed by atoms with Gasteiger partial charge in [0.1, 0.15) is 29.9 Å². The first-order chi connectivity index (χ1) is 11.6. The molecule has 0 aromatic heterocycles. The fraction of sp³-hybridized carbons (Fsp3) is 0.111. The molecule has 2 aromatic rings. The molecule has 2 aromatic carbocycles. The van der Waals surface area contributed by atoms with Crippen LogP contribution in [0.15, 0.2) is 42.5 Å². The van der Waals surface area contributed by atoms with Gasteiger partial charge in [-0.15, -0.1) is 0 Å². The first-order valence-corrected chi connectivity index (χ1v) is 6.92. The third-order valence-corrected chi connectivity index (χ3v) is 2.92. The molecule has 2 rings (SSSR count). The smallest absolute Gasteiger partial charge is 0.408 e. The number of benzene rings is 2. The molecule has 1 amide bonds. The fourth-order valence-electron chi connectivity index (χ4n) is 1.79. The Bertz CT molecular complexity index is 811. The van der Waals surface area contributed by atoms with Crippen LogP contribution in [0.2, 0.25) is 0 Å². The summed E-state index contributed by atoms with van der Waals surface area (Å²) in [6, 6.07) is 12.5. The second-order valence-electron chi connectivity index (χ2n) is 4.64. The molecule has 4 nitrogen and oxygen atoms in total. The lowest BCUT2D eigenvalue weighted by Crippen LogP contribution is -2.24. The lowest BCUT2D eigenvalue weighted by molar-refractivity contribution is 0.141. The number of carbonyl (C=O) groups excluding carboxylic acids is 1. The van der Waals surface area contributed by atoms with E-state index < -0.39 is 23.3 Å². The number of amides is 1. The van der Waals surface area contributed by atoms with Crippen LogP contribution in [0, 0.1) is 34.8 Å². The Hall–Kier alpha value is -3.38. The number of carbonyl (C=O) groups is 1. The van der Waals surface area contributed by atoms with Crippen molar-refractivity contribution < 1.29 is 18.3 Å². The van der Waals surface area contributed by atoms with Gasteiger partial charge in [0.25, 0.3) is 0 Å². The van der Waals surface area contributed by atoms with E-state index in [1.807, 2.05) is 30.3 Å². The predicted molar refractivity (Wildman–Crippen MR) is 82.6 cm³/mol. The van der Waals surface area contributed by atoms with Crippen LogP contribution in [-0.2, 0) is 11.3 Å². The molecule has 0 unspecified atom stereocenters. The average Bonchev–Trinajstić information content (AvgIpc) is 2.57. The molecule has 0 aliphatic heterocycles. The molecule has 0 heterocycles. The van der Waals surface area contributed by atoms with Gasteiger partial charge in [-0.25, -0.2) is 13.6 Å². The van der Waals surface area contributed by atoms with Gasteiger partial charge in [0.2, 0.25) is 0 Å². The molecule has 24 heavy (non-hydrogen) atoms. The number of alkyl carbamates (subject to hydrolysis) is 1. The maximum absolute atomic E-state index is 13.4. The topological polar surface area (TPSA) is 62.1 Å². The van der Waals surface area contributed by atoms with E-state index in [4.69, 9.17) is 10.00 Å². The Morgan fingerprint density at radius 3 is 2.46 bits per heavy atom. The first kappa shape index (κ1) is 17.0. The van der Waals surface area contributed by atoms with Crippen LogP contribution in [0.3, 0.4) is 0 Å². The monoisotopic (exact) mass is 326 g/mol. The first-order valence-electron chi connectivity index (χ1n) is 6.92. The molecule has 1 N–H and O–H groups in total. The highest BCUT2D eigenvalue weighted by Gasteiger charge is 2.09. The Morgan fingerprint density at radius 2 is 1.83 bits per heavy atom. The van der Waals surface area contributed by atoms with Crippen LogP contribution in [0.5, 0.6) is 0 Å². The Balaban J connectivity index is 1.83. The summed E-state index contributed by atoms with van der Waals surface area (Å²) in [5, 5.41) is 11.0. The normalized spacial score (nSPS) is 9.38. The van der Waals surface area contributed by atoms with E-state index in [0.717, 1.165) is 17.7 Å². The van der Waals surface area contributed by atoms with Crippen molar-refractivity contribution in [3.05, 3.63) is 70.8 Å². The molecule has 120 valence electrons. The van der Waals surface area contributed by atoms with E-state index in [9.17, 15) is 13.6 Å². The van der Waals surface area contributed by atoms with Crippen molar-refractivity contribution in [1.29, 1.82) is 5.26 Å². The van der Waals surface area contributed by atoms with Gasteiger partial charge >= 0.3 is 6.09 Å². The van der Waals surface area contributed by atoms with Crippen molar-refractivity contribution in [2.45, 2.75) is 6.61 Å². The molecule has 0 aliphatic rings. The number of hydrogen-bond acceptors (Lipinski definition) is 3. The SMILES string of the molecule is N#Cc1c(F)cc(C#CCNC(=O)OCc2ccccc2)cc1F. The zero-order valence-electron chi connectivity index (χ0n) is 12.5. The van der Waals surface area contributed by atoms with Gasteiger partial charge < -0.3 is 10.1 Å². The summed E-state index contributed by atoms with van der Waals surface area (Å²) < 4.78 is 31.8. The van der Waals surface area contributed by atoms with Gasteiger partial charge in [-0.05, 0) is 17.7 Å². The van der Waals surface area contributed by atoms with Crippen LogP contribution in [0.25, 0.3) is 0 Å². The number of nitriles is 1. The summed E-state index contributed by atoms with van der Waals surface area (Å²) >= 11 is 0. The van der Waals surface area contributed by atoms with E-state index in [-0.39, 0.29) is 18.7 Å². The largest absolute Gasteiger partial charge is 0.445 e. The van der Waals surface area contributed by atoms with E-state index in [1.54, 1.807) is 0 Å². The van der Waals surface area contributed by atoms with Gasteiger partial charge in [0.05, 0.1) is 6.54 Å². The third kappa shape index (κ3) is 4.82. The number of halogens is 2. The maximum atomic E-state index is 13.4. The van der Waals surface area contributed by atoms with Crippen LogP contribution in [0.1, 0.15) is 16.7 Å². The van der Waals surface area contributed by atoms with Crippen molar-refractivity contribution in [2.75, 3.05) is 6.54 Å². The zero-order valence-corrected chi connectivity index (χ0v) is 12.5. The fourth-order valence-corrected chi connectivity index (χ4v) is 1.79. The van der Waals surface area contributed by atoms with Crippen molar-refractivity contribution in [3.63, 3.8) is 0 Å². The number of rotatable bonds is 3. The summed E-state index contributed by atoms with van der Waals surface area (Å²) in [5.74, 6) is 3.09. The highest BCUT2D eigenvalue weighted by molar-refractivity contribution is 5.67. The van der Waals surface area contributed by atoms with Gasteiger partial charge in [-0.3, -0.25) is 0 Å². The molecule has 0 saturated heterocycles. The van der Waals surface area contributed by atoms with Gasteiger partial charge in [0.15, 0.2) is 0 Å². The highest BCUT2D eigenvalue weighted by atomic mass is 19.1. The lowest BCUT2D eigenvalue weighted by atomic mass is 10.1. The highest BCUT2D eigenvalue weighted by Crippen LogP contribution is 2.13. The molecule has 6 heteroatoms. The molecule has 0 aliphatic carbocycles. The number of nitrogens with zero attached hydrogens (tertiary/aromatic N) is 1. The van der Waals surface area contributed by atoms with E-state index >= 15 is 0 Å². The molecule has 0 radical (unpaired) electrons. The van der Waals surface area contributed by atoms with E-state index in [1.165, 1.54) is 6.07 Å². The molecule has 0 fully saturated rings. The summed E-state index contributed by atoms with van der Waals surface area (Å²) in [7, 11) is 0. The number of nitrogens with one attached hydrogen (secondary N) is 1. The maximum Gasteiger partial charge on any atom is 0.408 e. The second kappa shape index (κ2) is 8.30. The van der Waals surface area contributed by atoms with Crippen LogP contribution in [0.4, 0.5) is 13.6 Å². The molecular weight excluding hydrogens is 314 g/mol. The van der Waals surface area contributed by atoms with Crippen molar-refractivity contribution in [1.82, 2.24) is 5.32 Å². The van der Waals surface area contributed by atoms with Gasteiger partial charge in [0, 0.05) is 5.56 Å². The lowest BCUT2D eigenvalue weighted by Gasteiger charge is -2.04. The number of hydrogen-bond donors (Lipinski definition) is 1. The van der Waals surface area contributed by atoms with Gasteiger partial charge in [-0.2, -0.15) is 5.26 Å². The van der Waals surface area contributed by atoms with E-state index in [2.05, 4.69) is 17.2 Å². The Kier molecular flexibility index (Phi) is 5.88. The second-order valence-corrected chi connectivity index (χ2v) is 4.64. The van der Waals surface area contributed by atoms with Crippen molar-refractivity contribution in [3.8, 4) is 17.9 Å². The standard InChI is InChI=1S/C18H12F2N2O2/c19-16-9-14(10-17(20)15(16)11-21)7-4-8-22-18(23)24-12-13-5-2-1-3-6-13/h1-3,5-6,9-10H,8,12H2,(H,22,23). The zero-order chi connectivity index (χ0) is 17.4. The predicted octanol–water partition coefficient (Wildman–Crippen LogP) is 3.11. The summed E-state index contributed by atoms with van der Waals surface area (Å²) in [4.78, 5) is 11.5. The van der Waals surface area contributed by atoms with Crippen molar-refractivity contribution >= 4 is 6.09 Å². The summed E-state index contributed by atoms with van der Waals surface area (Å²) in [5.41, 5.74) is 0.272. The molecule has 0 bridgehead atoms.